The summed E-state index contributed by atoms with van der Waals surface area (Å²) >= 11 is 3.33. The molecule has 0 aromatic heterocycles. The molecule has 0 atom stereocenters. The first-order chi connectivity index (χ1) is 3.43. The van der Waals surface area contributed by atoms with Crippen molar-refractivity contribution < 1.29 is 0 Å². The monoisotopic (exact) mass is 162 g/mol. The van der Waals surface area contributed by atoms with Crippen molar-refractivity contribution in [1.82, 2.24) is 10.9 Å². The Hall–Kier alpha value is -0.0200. The van der Waals surface area contributed by atoms with Gasteiger partial charge < -0.3 is 5.43 Å². The fourth-order valence-electron chi connectivity index (χ4n) is 0.455. The molecule has 1 aliphatic heterocycles. The summed E-state index contributed by atoms with van der Waals surface area (Å²) in [6, 6.07) is 0. The Morgan fingerprint density at radius 3 is 3.00 bits per heavy atom. The van der Waals surface area contributed by atoms with E-state index in [0.717, 1.165) is 11.9 Å². The number of halogens is 1. The molecule has 1 rings (SSSR count). The molecule has 2 nitrogen and oxygen atoms in total. The molecule has 0 bridgehead atoms. The Morgan fingerprint density at radius 2 is 2.71 bits per heavy atom. The minimum atomic E-state index is 0.964. The van der Waals surface area contributed by atoms with Crippen molar-refractivity contribution in [3.8, 4) is 0 Å². The normalized spacial score (nSPS) is 18.7. The largest absolute Gasteiger partial charge is 0.328 e. The number of hydrogen-bond acceptors (Lipinski definition) is 2. The summed E-state index contributed by atoms with van der Waals surface area (Å²) in [7, 11) is 0. The lowest BCUT2D eigenvalue weighted by Crippen LogP contribution is -2.20. The number of hydrazine groups is 1. The Kier molecular flexibility index (Phi) is 1.70. The van der Waals surface area contributed by atoms with Gasteiger partial charge in [0.1, 0.15) is 0 Å². The lowest BCUT2D eigenvalue weighted by Gasteiger charge is -1.87. The summed E-state index contributed by atoms with van der Waals surface area (Å²) in [4.78, 5) is 0. The second-order valence-electron chi connectivity index (χ2n) is 1.43. The molecule has 40 valence electrons. The number of rotatable bonds is 1. The van der Waals surface area contributed by atoms with Crippen molar-refractivity contribution in [2.45, 2.75) is 0 Å². The molecule has 0 aliphatic carbocycles. The lowest BCUT2D eigenvalue weighted by molar-refractivity contribution is 0.722. The van der Waals surface area contributed by atoms with Gasteiger partial charge in [0.05, 0.1) is 0 Å². The van der Waals surface area contributed by atoms with Crippen LogP contribution in [0.3, 0.4) is 0 Å². The van der Waals surface area contributed by atoms with Gasteiger partial charge in [-0.1, -0.05) is 15.9 Å². The van der Waals surface area contributed by atoms with Crippen molar-refractivity contribution in [2.75, 3.05) is 11.9 Å². The molecule has 7 heavy (non-hydrogen) atoms. The van der Waals surface area contributed by atoms with E-state index in [1.165, 1.54) is 5.57 Å². The molecule has 0 saturated carbocycles. The standard InChI is InChI=1S/C4H7BrN2/c5-1-4-2-6-7-3-4/h2,6-7H,1,3H2. The van der Waals surface area contributed by atoms with Gasteiger partial charge in [0.25, 0.3) is 0 Å². The third-order valence-corrected chi connectivity index (χ3v) is 1.59. The van der Waals surface area contributed by atoms with E-state index in [9.17, 15) is 0 Å². The molecule has 3 heteroatoms. The van der Waals surface area contributed by atoms with Crippen LogP contribution in [0.2, 0.25) is 0 Å². The van der Waals surface area contributed by atoms with E-state index in [1.807, 2.05) is 6.20 Å². The zero-order chi connectivity index (χ0) is 5.11. The highest BCUT2D eigenvalue weighted by Gasteiger charge is 1.97. The van der Waals surface area contributed by atoms with Crippen LogP contribution in [-0.2, 0) is 0 Å². The highest BCUT2D eigenvalue weighted by atomic mass is 79.9. The molecular weight excluding hydrogens is 156 g/mol. The molecule has 0 spiro atoms. The van der Waals surface area contributed by atoms with Crippen LogP contribution in [0.4, 0.5) is 0 Å². The van der Waals surface area contributed by atoms with E-state index in [-0.39, 0.29) is 0 Å². The summed E-state index contributed by atoms with van der Waals surface area (Å²) in [5.41, 5.74) is 7.19. The van der Waals surface area contributed by atoms with Gasteiger partial charge in [-0.15, -0.1) is 0 Å². The third kappa shape index (κ3) is 1.17. The van der Waals surface area contributed by atoms with E-state index >= 15 is 0 Å². The van der Waals surface area contributed by atoms with Gasteiger partial charge in [-0.05, 0) is 5.57 Å². The van der Waals surface area contributed by atoms with Crippen molar-refractivity contribution in [1.29, 1.82) is 0 Å². The molecule has 0 aromatic carbocycles. The summed E-state index contributed by atoms with van der Waals surface area (Å²) in [6.45, 7) is 0.964. The molecule has 0 saturated heterocycles. The van der Waals surface area contributed by atoms with Crippen LogP contribution < -0.4 is 10.9 Å². The third-order valence-electron chi connectivity index (χ3n) is 0.865. The maximum Gasteiger partial charge on any atom is 0.0384 e. The number of hydrogen-bond donors (Lipinski definition) is 2. The number of nitrogens with one attached hydrogen (secondary N) is 2. The minimum absolute atomic E-state index is 0.964. The maximum atomic E-state index is 3.33. The fourth-order valence-corrected chi connectivity index (χ4v) is 0.815. The van der Waals surface area contributed by atoms with Crippen LogP contribution in [0.1, 0.15) is 0 Å². The van der Waals surface area contributed by atoms with Gasteiger partial charge in [0.15, 0.2) is 0 Å². The van der Waals surface area contributed by atoms with Gasteiger partial charge >= 0.3 is 0 Å². The van der Waals surface area contributed by atoms with Crippen molar-refractivity contribution in [2.24, 2.45) is 0 Å². The first kappa shape index (κ1) is 5.12. The molecule has 1 heterocycles. The first-order valence-electron chi connectivity index (χ1n) is 2.16. The molecule has 1 aliphatic rings. The molecule has 2 N–H and O–H groups in total. The SMILES string of the molecule is BrCC1=CNNC1. The minimum Gasteiger partial charge on any atom is -0.328 e. The van der Waals surface area contributed by atoms with Crippen molar-refractivity contribution in [3.63, 3.8) is 0 Å². The second-order valence-corrected chi connectivity index (χ2v) is 1.99. The van der Waals surface area contributed by atoms with E-state index in [4.69, 9.17) is 0 Å². The lowest BCUT2D eigenvalue weighted by atomic mass is 10.4. The van der Waals surface area contributed by atoms with Crippen LogP contribution in [0, 0.1) is 0 Å². The topological polar surface area (TPSA) is 24.1 Å². The van der Waals surface area contributed by atoms with Gasteiger partial charge in [0, 0.05) is 18.1 Å². The van der Waals surface area contributed by atoms with Crippen LogP contribution >= 0.6 is 15.9 Å². The second kappa shape index (κ2) is 2.33. The van der Waals surface area contributed by atoms with Gasteiger partial charge in [-0.2, -0.15) is 0 Å². The molecular formula is C4H7BrN2. The zero-order valence-corrected chi connectivity index (χ0v) is 5.46. The quantitative estimate of drug-likeness (QED) is 0.546. The van der Waals surface area contributed by atoms with Crippen LogP contribution in [0.5, 0.6) is 0 Å². The predicted octanol–water partition coefficient (Wildman–Crippen LogP) is 0.373. The van der Waals surface area contributed by atoms with Gasteiger partial charge in [-0.25, -0.2) is 5.43 Å². The van der Waals surface area contributed by atoms with Crippen LogP contribution in [0.25, 0.3) is 0 Å². The Morgan fingerprint density at radius 1 is 1.86 bits per heavy atom. The van der Waals surface area contributed by atoms with E-state index in [1.54, 1.807) is 0 Å². The average Bonchev–Trinajstić information content (AvgIpc) is 2.14. The van der Waals surface area contributed by atoms with Crippen LogP contribution in [0.15, 0.2) is 11.8 Å². The van der Waals surface area contributed by atoms with Crippen molar-refractivity contribution in [3.05, 3.63) is 11.8 Å². The first-order valence-corrected chi connectivity index (χ1v) is 3.28. The van der Waals surface area contributed by atoms with E-state index < -0.39 is 0 Å². The summed E-state index contributed by atoms with van der Waals surface area (Å²) in [5.74, 6) is 0. The summed E-state index contributed by atoms with van der Waals surface area (Å²) < 4.78 is 0. The highest BCUT2D eigenvalue weighted by Crippen LogP contribution is 1.98. The summed E-state index contributed by atoms with van der Waals surface area (Å²) in [6.07, 6.45) is 1.97. The number of alkyl halides is 1. The maximum absolute atomic E-state index is 3.33. The molecule has 0 radical (unpaired) electrons. The molecule has 0 amide bonds. The Bertz CT molecular complexity index is 89.7. The van der Waals surface area contributed by atoms with E-state index in [2.05, 4.69) is 26.8 Å². The fraction of sp³-hybridized carbons (Fsp3) is 0.500. The van der Waals surface area contributed by atoms with Gasteiger partial charge in [0.2, 0.25) is 0 Å². The molecule has 0 unspecified atom stereocenters. The van der Waals surface area contributed by atoms with E-state index in [0.29, 0.717) is 0 Å². The molecule has 0 fully saturated rings. The smallest absolute Gasteiger partial charge is 0.0384 e. The predicted molar refractivity (Wildman–Crippen MR) is 33.0 cm³/mol. The zero-order valence-electron chi connectivity index (χ0n) is 3.87. The highest BCUT2D eigenvalue weighted by molar-refractivity contribution is 9.09. The van der Waals surface area contributed by atoms with Gasteiger partial charge in [-0.3, -0.25) is 0 Å². The van der Waals surface area contributed by atoms with Crippen LogP contribution in [-0.4, -0.2) is 11.9 Å². The van der Waals surface area contributed by atoms with Crippen molar-refractivity contribution >= 4 is 15.9 Å². The summed E-state index contributed by atoms with van der Waals surface area (Å²) in [5, 5.41) is 0.965. The Balaban J connectivity index is 2.36. The Labute approximate surface area is 51.1 Å². The average molecular weight is 163 g/mol. The molecule has 0 aromatic rings.